The molecule has 0 aromatic carbocycles. The summed E-state index contributed by atoms with van der Waals surface area (Å²) in [6.07, 6.45) is 2.47. The van der Waals surface area contributed by atoms with E-state index in [9.17, 15) is 9.59 Å². The van der Waals surface area contributed by atoms with Crippen LogP contribution in [0.1, 0.15) is 34.1 Å². The minimum atomic E-state index is -0.438. The molecule has 87 valence electrons. The zero-order valence-corrected chi connectivity index (χ0v) is 10.0. The molecule has 0 aromatic rings. The van der Waals surface area contributed by atoms with Crippen LogP contribution in [0.3, 0.4) is 0 Å². The molecule has 4 nitrogen and oxygen atoms in total. The molecule has 0 spiro atoms. The smallest absolute Gasteiger partial charge is 0.309 e. The summed E-state index contributed by atoms with van der Waals surface area (Å²) in [5, 5.41) is 2.49. The van der Waals surface area contributed by atoms with Crippen LogP contribution in [-0.4, -0.2) is 36.3 Å². The molecule has 0 heterocycles. The molecule has 0 rings (SSSR count). The number of hydrogen-bond donors (Lipinski definition) is 1. The van der Waals surface area contributed by atoms with Gasteiger partial charge >= 0.3 is 6.41 Å². The first-order valence-electron chi connectivity index (χ1n) is 5.53. The highest BCUT2D eigenvalue weighted by Crippen LogP contribution is 2.10. The van der Waals surface area contributed by atoms with Gasteiger partial charge in [-0.3, -0.25) is 9.59 Å². The molecule has 4 heteroatoms. The molecule has 0 aliphatic heterocycles. The summed E-state index contributed by atoms with van der Waals surface area (Å²) >= 11 is 0. The average Bonchev–Trinajstić information content (AvgIpc) is 2.26. The molecule has 2 amide bonds. The van der Waals surface area contributed by atoms with Crippen LogP contribution in [0, 0.1) is 5.92 Å². The largest absolute Gasteiger partial charge is 0.341 e. The van der Waals surface area contributed by atoms with Gasteiger partial charge in [-0.05, 0) is 19.8 Å². The Balaban J connectivity index is 4.59. The molecule has 2 unspecified atom stereocenters. The predicted octanol–water partition coefficient (Wildman–Crippen LogP) is 0.926. The normalized spacial score (nSPS) is 14.1. The fourth-order valence-electron chi connectivity index (χ4n) is 1.48. The Morgan fingerprint density at radius 1 is 1.33 bits per heavy atom. The van der Waals surface area contributed by atoms with Crippen molar-refractivity contribution in [2.24, 2.45) is 5.92 Å². The van der Waals surface area contributed by atoms with Crippen LogP contribution in [-0.2, 0) is 9.59 Å². The maximum atomic E-state index is 12.0. The second-order valence-electron chi connectivity index (χ2n) is 3.62. The molecule has 0 saturated heterocycles. The van der Waals surface area contributed by atoms with Gasteiger partial charge in [-0.25, -0.2) is 0 Å². The summed E-state index contributed by atoms with van der Waals surface area (Å²) in [6.45, 7) is 9.15. The SMILES string of the molecule is CCC(C)C(N[C]=O)C(=O)N(CC)CC. The van der Waals surface area contributed by atoms with Gasteiger partial charge in [-0.2, -0.15) is 0 Å². The fourth-order valence-corrected chi connectivity index (χ4v) is 1.48. The van der Waals surface area contributed by atoms with E-state index in [1.54, 1.807) is 11.3 Å². The molecular weight excluding hydrogens is 192 g/mol. The van der Waals surface area contributed by atoms with Crippen LogP contribution in [0.4, 0.5) is 0 Å². The summed E-state index contributed by atoms with van der Waals surface area (Å²) in [6, 6.07) is -0.438. The zero-order chi connectivity index (χ0) is 11.8. The summed E-state index contributed by atoms with van der Waals surface area (Å²) in [4.78, 5) is 24.0. The molecule has 15 heavy (non-hydrogen) atoms. The molecule has 0 aliphatic carbocycles. The van der Waals surface area contributed by atoms with Gasteiger partial charge in [0, 0.05) is 13.1 Å². The third-order valence-electron chi connectivity index (χ3n) is 2.77. The Labute approximate surface area is 92.0 Å². The highest BCUT2D eigenvalue weighted by atomic mass is 16.2. The third-order valence-corrected chi connectivity index (χ3v) is 2.77. The van der Waals surface area contributed by atoms with Crippen LogP contribution in [0.2, 0.25) is 0 Å². The first-order valence-corrected chi connectivity index (χ1v) is 5.53. The lowest BCUT2D eigenvalue weighted by atomic mass is 9.98. The summed E-state index contributed by atoms with van der Waals surface area (Å²) in [7, 11) is 0. The van der Waals surface area contributed by atoms with E-state index in [2.05, 4.69) is 5.32 Å². The molecule has 0 fully saturated rings. The second-order valence-corrected chi connectivity index (χ2v) is 3.62. The first-order chi connectivity index (χ1) is 7.12. The Kier molecular flexibility index (Phi) is 6.75. The van der Waals surface area contributed by atoms with Crippen molar-refractivity contribution in [1.82, 2.24) is 10.2 Å². The van der Waals surface area contributed by atoms with E-state index in [-0.39, 0.29) is 11.8 Å². The number of carbonyl (C=O) groups is 1. The van der Waals surface area contributed by atoms with Gasteiger partial charge in [0.05, 0.1) is 0 Å². The predicted molar refractivity (Wildman–Crippen MR) is 60.0 cm³/mol. The van der Waals surface area contributed by atoms with E-state index in [0.29, 0.717) is 13.1 Å². The number of hydrogen-bond acceptors (Lipinski definition) is 2. The van der Waals surface area contributed by atoms with Crippen LogP contribution in [0.5, 0.6) is 0 Å². The number of carbonyl (C=O) groups excluding carboxylic acids is 2. The molecule has 1 N–H and O–H groups in total. The van der Waals surface area contributed by atoms with Crippen LogP contribution in [0.15, 0.2) is 0 Å². The molecule has 0 aromatic heterocycles. The maximum absolute atomic E-state index is 12.0. The average molecular weight is 213 g/mol. The zero-order valence-electron chi connectivity index (χ0n) is 10.0. The minimum Gasteiger partial charge on any atom is -0.341 e. The Hall–Kier alpha value is -1.06. The number of rotatable bonds is 7. The third kappa shape index (κ3) is 3.90. The number of nitrogens with zero attached hydrogens (tertiary/aromatic N) is 1. The molecular formula is C11H21N2O2. The topological polar surface area (TPSA) is 49.4 Å². The number of nitrogens with one attached hydrogen (secondary N) is 1. The van der Waals surface area contributed by atoms with E-state index >= 15 is 0 Å². The van der Waals surface area contributed by atoms with E-state index in [1.165, 1.54) is 0 Å². The second kappa shape index (κ2) is 7.26. The molecule has 1 radical (unpaired) electrons. The van der Waals surface area contributed by atoms with Crippen LogP contribution < -0.4 is 5.32 Å². The highest BCUT2D eigenvalue weighted by molar-refractivity contribution is 5.84. The summed E-state index contributed by atoms with van der Waals surface area (Å²) < 4.78 is 0. The standard InChI is InChI=1S/C11H21N2O2/c1-5-9(4)10(12-8-14)11(15)13(6-2)7-3/h9-10H,5-7H2,1-4H3,(H,12,14). The van der Waals surface area contributed by atoms with Crippen molar-refractivity contribution in [3.05, 3.63) is 0 Å². The molecule has 0 aliphatic rings. The van der Waals surface area contributed by atoms with Gasteiger partial charge < -0.3 is 10.2 Å². The van der Waals surface area contributed by atoms with Crippen molar-refractivity contribution in [3.8, 4) is 0 Å². The highest BCUT2D eigenvalue weighted by Gasteiger charge is 2.26. The van der Waals surface area contributed by atoms with Crippen molar-refractivity contribution in [3.63, 3.8) is 0 Å². The quantitative estimate of drug-likeness (QED) is 0.639. The van der Waals surface area contributed by atoms with Crippen molar-refractivity contribution < 1.29 is 9.59 Å². The van der Waals surface area contributed by atoms with Gasteiger partial charge in [-0.1, -0.05) is 20.3 Å². The van der Waals surface area contributed by atoms with E-state index in [4.69, 9.17) is 0 Å². The van der Waals surface area contributed by atoms with Gasteiger partial charge in [-0.15, -0.1) is 0 Å². The molecule has 0 bridgehead atoms. The van der Waals surface area contributed by atoms with Crippen molar-refractivity contribution in [2.45, 2.75) is 40.2 Å². The lowest BCUT2D eigenvalue weighted by Gasteiger charge is -2.27. The van der Waals surface area contributed by atoms with Crippen molar-refractivity contribution in [2.75, 3.05) is 13.1 Å². The van der Waals surface area contributed by atoms with Crippen molar-refractivity contribution in [1.29, 1.82) is 0 Å². The van der Waals surface area contributed by atoms with Gasteiger partial charge in [0.25, 0.3) is 0 Å². The summed E-state index contributed by atoms with van der Waals surface area (Å²) in [5.74, 6) is 0.122. The molecule has 0 saturated carbocycles. The maximum Gasteiger partial charge on any atom is 0.309 e. The van der Waals surface area contributed by atoms with E-state index < -0.39 is 6.04 Å². The fraction of sp³-hybridized carbons (Fsp3) is 0.818. The van der Waals surface area contributed by atoms with Gasteiger partial charge in [0.15, 0.2) is 0 Å². The van der Waals surface area contributed by atoms with Gasteiger partial charge in [0.2, 0.25) is 5.91 Å². The van der Waals surface area contributed by atoms with E-state index in [0.717, 1.165) is 6.42 Å². The molecule has 2 atom stereocenters. The van der Waals surface area contributed by atoms with Crippen LogP contribution >= 0.6 is 0 Å². The summed E-state index contributed by atoms with van der Waals surface area (Å²) in [5.41, 5.74) is 0. The lowest BCUT2D eigenvalue weighted by Crippen LogP contribution is -2.49. The monoisotopic (exact) mass is 213 g/mol. The van der Waals surface area contributed by atoms with Crippen molar-refractivity contribution >= 4 is 12.3 Å². The lowest BCUT2D eigenvalue weighted by molar-refractivity contribution is -0.133. The van der Waals surface area contributed by atoms with Crippen LogP contribution in [0.25, 0.3) is 0 Å². The number of amides is 2. The number of likely N-dealkylation sites (N-methyl/N-ethyl adjacent to an activating group) is 1. The van der Waals surface area contributed by atoms with E-state index in [1.807, 2.05) is 27.7 Å². The Morgan fingerprint density at radius 2 is 1.87 bits per heavy atom. The first kappa shape index (κ1) is 13.9. The van der Waals surface area contributed by atoms with Gasteiger partial charge in [0.1, 0.15) is 6.04 Å². The minimum absolute atomic E-state index is 0.0160. The Morgan fingerprint density at radius 3 is 2.20 bits per heavy atom. The Bertz CT molecular complexity index is 203.